The second-order valence-electron chi connectivity index (χ2n) is 4.28. The normalized spacial score (nSPS) is 25.1. The summed E-state index contributed by atoms with van der Waals surface area (Å²) < 4.78 is 0. The van der Waals surface area contributed by atoms with Gasteiger partial charge in [-0.2, -0.15) is 0 Å². The van der Waals surface area contributed by atoms with Gasteiger partial charge >= 0.3 is 0 Å². The van der Waals surface area contributed by atoms with Gasteiger partial charge in [-0.3, -0.25) is 9.88 Å². The summed E-state index contributed by atoms with van der Waals surface area (Å²) >= 11 is 0. The van der Waals surface area contributed by atoms with Gasteiger partial charge in [0.05, 0.1) is 5.69 Å². The SMILES string of the molecule is CC(c1ccccn1)N1CCN[C@H](C)C1. The highest BCUT2D eigenvalue weighted by molar-refractivity contribution is 5.08. The molecule has 82 valence electrons. The molecule has 2 atom stereocenters. The molecule has 1 aromatic rings. The zero-order valence-corrected chi connectivity index (χ0v) is 9.48. The van der Waals surface area contributed by atoms with Gasteiger partial charge < -0.3 is 5.32 Å². The van der Waals surface area contributed by atoms with Crippen LogP contribution in [0.1, 0.15) is 25.6 Å². The van der Waals surface area contributed by atoms with Gasteiger partial charge in [0.2, 0.25) is 0 Å². The van der Waals surface area contributed by atoms with Crippen molar-refractivity contribution >= 4 is 0 Å². The first-order chi connectivity index (χ1) is 7.27. The van der Waals surface area contributed by atoms with Gasteiger partial charge in [0.1, 0.15) is 0 Å². The molecule has 2 rings (SSSR count). The Hall–Kier alpha value is -0.930. The number of hydrogen-bond donors (Lipinski definition) is 1. The standard InChI is InChI=1S/C12H19N3/c1-10-9-15(8-7-13-10)11(2)12-5-3-4-6-14-12/h3-6,10-11,13H,7-9H2,1-2H3/t10-,11?/m1/s1. The van der Waals surface area contributed by atoms with E-state index in [0.717, 1.165) is 19.6 Å². The molecule has 1 fully saturated rings. The van der Waals surface area contributed by atoms with Crippen molar-refractivity contribution in [1.29, 1.82) is 0 Å². The third kappa shape index (κ3) is 2.55. The van der Waals surface area contributed by atoms with Crippen LogP contribution in [-0.4, -0.2) is 35.6 Å². The fourth-order valence-corrected chi connectivity index (χ4v) is 2.12. The molecule has 0 amide bonds. The van der Waals surface area contributed by atoms with Crippen LogP contribution in [-0.2, 0) is 0 Å². The Balaban J connectivity index is 2.04. The minimum atomic E-state index is 0.427. The smallest absolute Gasteiger partial charge is 0.0572 e. The van der Waals surface area contributed by atoms with Gasteiger partial charge in [-0.15, -0.1) is 0 Å². The fraction of sp³-hybridized carbons (Fsp3) is 0.583. The highest BCUT2D eigenvalue weighted by Gasteiger charge is 2.21. The van der Waals surface area contributed by atoms with E-state index in [-0.39, 0.29) is 0 Å². The van der Waals surface area contributed by atoms with Gasteiger partial charge in [0, 0.05) is 37.9 Å². The van der Waals surface area contributed by atoms with E-state index in [1.54, 1.807) is 0 Å². The summed E-state index contributed by atoms with van der Waals surface area (Å²) in [6.45, 7) is 7.77. The van der Waals surface area contributed by atoms with E-state index in [1.165, 1.54) is 5.69 Å². The van der Waals surface area contributed by atoms with Crippen LogP contribution in [0.2, 0.25) is 0 Å². The Kier molecular flexibility index (Phi) is 3.34. The molecule has 0 bridgehead atoms. The summed E-state index contributed by atoms with van der Waals surface area (Å²) in [6.07, 6.45) is 1.87. The Morgan fingerprint density at radius 3 is 3.07 bits per heavy atom. The van der Waals surface area contributed by atoms with Crippen molar-refractivity contribution < 1.29 is 0 Å². The van der Waals surface area contributed by atoms with Crippen molar-refractivity contribution in [3.8, 4) is 0 Å². The van der Waals surface area contributed by atoms with Crippen LogP contribution in [0.4, 0.5) is 0 Å². The minimum absolute atomic E-state index is 0.427. The number of nitrogens with zero attached hydrogens (tertiary/aromatic N) is 2. The number of nitrogens with one attached hydrogen (secondary N) is 1. The Labute approximate surface area is 91.5 Å². The fourth-order valence-electron chi connectivity index (χ4n) is 2.12. The first kappa shape index (κ1) is 10.6. The maximum atomic E-state index is 4.42. The second-order valence-corrected chi connectivity index (χ2v) is 4.28. The molecule has 0 saturated carbocycles. The highest BCUT2D eigenvalue weighted by atomic mass is 15.2. The molecule has 1 aliphatic rings. The molecular formula is C12H19N3. The summed E-state index contributed by atoms with van der Waals surface area (Å²) in [5.74, 6) is 0. The third-order valence-corrected chi connectivity index (χ3v) is 3.06. The monoisotopic (exact) mass is 205 g/mol. The van der Waals surface area contributed by atoms with Crippen LogP contribution in [0, 0.1) is 0 Å². The molecule has 15 heavy (non-hydrogen) atoms. The summed E-state index contributed by atoms with van der Waals surface area (Å²) in [6, 6.07) is 7.15. The maximum absolute atomic E-state index is 4.42. The number of hydrogen-bond acceptors (Lipinski definition) is 3. The first-order valence-electron chi connectivity index (χ1n) is 5.65. The average Bonchev–Trinajstić information content (AvgIpc) is 2.29. The van der Waals surface area contributed by atoms with Gasteiger partial charge in [0.25, 0.3) is 0 Å². The molecule has 0 radical (unpaired) electrons. The maximum Gasteiger partial charge on any atom is 0.0572 e. The van der Waals surface area contributed by atoms with Crippen LogP contribution < -0.4 is 5.32 Å². The third-order valence-electron chi connectivity index (χ3n) is 3.06. The Bertz CT molecular complexity index is 299. The number of aromatic nitrogens is 1. The van der Waals surface area contributed by atoms with Crippen molar-refractivity contribution in [3.05, 3.63) is 30.1 Å². The van der Waals surface area contributed by atoms with E-state index in [4.69, 9.17) is 0 Å². The lowest BCUT2D eigenvalue weighted by Gasteiger charge is -2.35. The van der Waals surface area contributed by atoms with Crippen molar-refractivity contribution in [2.24, 2.45) is 0 Å². The van der Waals surface area contributed by atoms with Crippen LogP contribution >= 0.6 is 0 Å². The summed E-state index contributed by atoms with van der Waals surface area (Å²) in [5, 5.41) is 3.46. The second kappa shape index (κ2) is 4.73. The Morgan fingerprint density at radius 1 is 1.53 bits per heavy atom. The lowest BCUT2D eigenvalue weighted by Crippen LogP contribution is -2.49. The van der Waals surface area contributed by atoms with Crippen LogP contribution in [0.5, 0.6) is 0 Å². The van der Waals surface area contributed by atoms with Crippen molar-refractivity contribution in [2.75, 3.05) is 19.6 Å². The van der Waals surface area contributed by atoms with Crippen molar-refractivity contribution in [3.63, 3.8) is 0 Å². The molecule has 3 nitrogen and oxygen atoms in total. The zero-order valence-electron chi connectivity index (χ0n) is 9.48. The molecule has 0 aliphatic carbocycles. The quantitative estimate of drug-likeness (QED) is 0.792. The van der Waals surface area contributed by atoms with E-state index in [2.05, 4.69) is 41.2 Å². The van der Waals surface area contributed by atoms with Crippen molar-refractivity contribution in [1.82, 2.24) is 15.2 Å². The van der Waals surface area contributed by atoms with E-state index in [9.17, 15) is 0 Å². The number of rotatable bonds is 2. The zero-order chi connectivity index (χ0) is 10.7. The summed E-state index contributed by atoms with van der Waals surface area (Å²) in [7, 11) is 0. The van der Waals surface area contributed by atoms with Crippen LogP contribution in [0.25, 0.3) is 0 Å². The molecule has 1 aromatic heterocycles. The average molecular weight is 205 g/mol. The topological polar surface area (TPSA) is 28.2 Å². The number of pyridine rings is 1. The molecule has 1 saturated heterocycles. The molecule has 1 unspecified atom stereocenters. The predicted octanol–water partition coefficient (Wildman–Crippen LogP) is 1.44. The van der Waals surface area contributed by atoms with Gasteiger partial charge in [-0.05, 0) is 26.0 Å². The summed E-state index contributed by atoms with van der Waals surface area (Å²) in [4.78, 5) is 6.91. The van der Waals surface area contributed by atoms with Gasteiger partial charge in [-0.25, -0.2) is 0 Å². The Morgan fingerprint density at radius 2 is 2.40 bits per heavy atom. The molecule has 0 aromatic carbocycles. The molecule has 1 N–H and O–H groups in total. The van der Waals surface area contributed by atoms with Crippen LogP contribution in [0.15, 0.2) is 24.4 Å². The first-order valence-corrected chi connectivity index (χ1v) is 5.65. The predicted molar refractivity (Wildman–Crippen MR) is 61.7 cm³/mol. The van der Waals surface area contributed by atoms with Gasteiger partial charge in [0.15, 0.2) is 0 Å². The van der Waals surface area contributed by atoms with Crippen molar-refractivity contribution in [2.45, 2.75) is 25.9 Å². The minimum Gasteiger partial charge on any atom is -0.312 e. The molecule has 1 aliphatic heterocycles. The van der Waals surface area contributed by atoms with Crippen LogP contribution in [0.3, 0.4) is 0 Å². The largest absolute Gasteiger partial charge is 0.312 e. The van der Waals surface area contributed by atoms with E-state index < -0.39 is 0 Å². The van der Waals surface area contributed by atoms with Gasteiger partial charge in [-0.1, -0.05) is 6.07 Å². The summed E-state index contributed by atoms with van der Waals surface area (Å²) in [5.41, 5.74) is 1.17. The van der Waals surface area contributed by atoms with E-state index >= 15 is 0 Å². The lowest BCUT2D eigenvalue weighted by molar-refractivity contribution is 0.156. The lowest BCUT2D eigenvalue weighted by atomic mass is 10.1. The van der Waals surface area contributed by atoms with E-state index in [0.29, 0.717) is 12.1 Å². The molecular weight excluding hydrogens is 186 g/mol. The molecule has 0 spiro atoms. The highest BCUT2D eigenvalue weighted by Crippen LogP contribution is 2.18. The molecule has 2 heterocycles. The number of piperazine rings is 1. The molecule has 3 heteroatoms. The van der Waals surface area contributed by atoms with E-state index in [1.807, 2.05) is 12.3 Å².